The number of rotatable bonds is 4. The van der Waals surface area contributed by atoms with E-state index in [0.29, 0.717) is 12.6 Å². The highest BCUT2D eigenvalue weighted by Gasteiger charge is 2.29. The predicted octanol–water partition coefficient (Wildman–Crippen LogP) is 5.47. The van der Waals surface area contributed by atoms with Crippen molar-refractivity contribution in [1.29, 1.82) is 0 Å². The average molecular weight is 360 g/mol. The zero-order valence-corrected chi connectivity index (χ0v) is 15.6. The SMILES string of the molecule is Cc1cnc(NCc2ccc(F)cc2)c2c1c(C)c(C)n2C1CC1.Cl. The Morgan fingerprint density at radius 1 is 1.16 bits per heavy atom. The zero-order chi connectivity index (χ0) is 16.8. The van der Waals surface area contributed by atoms with Crippen LogP contribution in [0.1, 0.15) is 41.3 Å². The highest BCUT2D eigenvalue weighted by molar-refractivity contribution is 5.95. The summed E-state index contributed by atoms with van der Waals surface area (Å²) in [5.74, 6) is 0.714. The van der Waals surface area contributed by atoms with Crippen LogP contribution in [0.3, 0.4) is 0 Å². The molecule has 0 saturated heterocycles. The van der Waals surface area contributed by atoms with Gasteiger partial charge in [-0.3, -0.25) is 0 Å². The molecule has 3 nitrogen and oxygen atoms in total. The van der Waals surface area contributed by atoms with E-state index in [4.69, 9.17) is 0 Å². The standard InChI is InChI=1S/C20H22FN3.ClH/c1-12-10-22-20(23-11-15-4-6-16(21)7-5-15)19-18(12)13(2)14(3)24(19)17-8-9-17;/h4-7,10,17H,8-9,11H2,1-3H3,(H,22,23);1H. The molecule has 1 aromatic carbocycles. The second kappa shape index (κ2) is 6.68. The van der Waals surface area contributed by atoms with Crippen molar-refractivity contribution < 1.29 is 4.39 Å². The summed E-state index contributed by atoms with van der Waals surface area (Å²) in [5, 5.41) is 4.78. The van der Waals surface area contributed by atoms with Crippen LogP contribution >= 0.6 is 12.4 Å². The second-order valence-corrected chi connectivity index (χ2v) is 6.81. The van der Waals surface area contributed by atoms with Gasteiger partial charge in [-0.05, 0) is 62.4 Å². The number of hydrogen-bond acceptors (Lipinski definition) is 2. The minimum absolute atomic E-state index is 0. The van der Waals surface area contributed by atoms with E-state index in [-0.39, 0.29) is 18.2 Å². The third kappa shape index (κ3) is 3.11. The molecule has 132 valence electrons. The molecule has 25 heavy (non-hydrogen) atoms. The van der Waals surface area contributed by atoms with Crippen LogP contribution in [-0.4, -0.2) is 9.55 Å². The maximum Gasteiger partial charge on any atom is 0.150 e. The molecule has 0 aliphatic heterocycles. The lowest BCUT2D eigenvalue weighted by Gasteiger charge is -2.12. The lowest BCUT2D eigenvalue weighted by molar-refractivity contribution is 0.627. The summed E-state index contributed by atoms with van der Waals surface area (Å²) in [7, 11) is 0. The summed E-state index contributed by atoms with van der Waals surface area (Å²) in [6.45, 7) is 7.17. The quantitative estimate of drug-likeness (QED) is 0.669. The molecule has 0 spiro atoms. The normalized spacial score (nSPS) is 13.8. The van der Waals surface area contributed by atoms with E-state index in [2.05, 4.69) is 35.6 Å². The third-order valence-corrected chi connectivity index (χ3v) is 5.05. The van der Waals surface area contributed by atoms with Crippen molar-refractivity contribution in [3.8, 4) is 0 Å². The van der Waals surface area contributed by atoms with Crippen LogP contribution in [0.4, 0.5) is 10.2 Å². The smallest absolute Gasteiger partial charge is 0.150 e. The Bertz CT molecular complexity index is 911. The molecule has 0 radical (unpaired) electrons. The van der Waals surface area contributed by atoms with Gasteiger partial charge in [0.05, 0.1) is 5.52 Å². The molecule has 0 unspecified atom stereocenters. The fourth-order valence-corrected chi connectivity index (χ4v) is 3.54. The minimum atomic E-state index is -0.205. The number of pyridine rings is 1. The van der Waals surface area contributed by atoms with E-state index in [1.165, 1.54) is 52.7 Å². The molecule has 1 aliphatic rings. The van der Waals surface area contributed by atoms with Crippen LogP contribution in [0.15, 0.2) is 30.5 Å². The van der Waals surface area contributed by atoms with Crippen molar-refractivity contribution in [2.45, 2.75) is 46.2 Å². The first-order valence-electron chi connectivity index (χ1n) is 8.51. The van der Waals surface area contributed by atoms with Gasteiger partial charge in [-0.1, -0.05) is 12.1 Å². The van der Waals surface area contributed by atoms with Gasteiger partial charge in [0.25, 0.3) is 0 Å². The molecular weight excluding hydrogens is 337 g/mol. The van der Waals surface area contributed by atoms with Gasteiger partial charge < -0.3 is 9.88 Å². The fourth-order valence-electron chi connectivity index (χ4n) is 3.54. The van der Waals surface area contributed by atoms with Gasteiger partial charge in [0, 0.05) is 29.9 Å². The van der Waals surface area contributed by atoms with Crippen molar-refractivity contribution >= 4 is 29.1 Å². The molecule has 1 N–H and O–H groups in total. The topological polar surface area (TPSA) is 29.9 Å². The Hall–Kier alpha value is -2.07. The van der Waals surface area contributed by atoms with Crippen molar-refractivity contribution in [3.05, 3.63) is 58.7 Å². The molecule has 2 heterocycles. The molecule has 1 aliphatic carbocycles. The minimum Gasteiger partial charge on any atom is -0.364 e. The lowest BCUT2D eigenvalue weighted by atomic mass is 10.1. The number of aromatic nitrogens is 2. The van der Waals surface area contributed by atoms with Crippen LogP contribution in [0.5, 0.6) is 0 Å². The number of fused-ring (bicyclic) bond motifs is 1. The lowest BCUT2D eigenvalue weighted by Crippen LogP contribution is -2.05. The molecule has 0 amide bonds. The van der Waals surface area contributed by atoms with E-state index in [0.717, 1.165) is 11.4 Å². The van der Waals surface area contributed by atoms with Gasteiger partial charge >= 0.3 is 0 Å². The Labute approximate surface area is 153 Å². The number of nitrogens with zero attached hydrogens (tertiary/aromatic N) is 2. The van der Waals surface area contributed by atoms with Crippen molar-refractivity contribution in [2.75, 3.05) is 5.32 Å². The zero-order valence-electron chi connectivity index (χ0n) is 14.8. The van der Waals surface area contributed by atoms with E-state index >= 15 is 0 Å². The number of halogens is 2. The first-order chi connectivity index (χ1) is 11.6. The highest BCUT2D eigenvalue weighted by atomic mass is 35.5. The number of anilines is 1. The van der Waals surface area contributed by atoms with E-state index in [9.17, 15) is 4.39 Å². The van der Waals surface area contributed by atoms with Crippen LogP contribution < -0.4 is 5.32 Å². The van der Waals surface area contributed by atoms with Gasteiger partial charge in [0.1, 0.15) is 5.82 Å². The van der Waals surface area contributed by atoms with Gasteiger partial charge in [-0.25, -0.2) is 9.37 Å². The Balaban J connectivity index is 0.00000182. The highest BCUT2D eigenvalue weighted by Crippen LogP contribution is 2.43. The largest absolute Gasteiger partial charge is 0.364 e. The van der Waals surface area contributed by atoms with Crippen LogP contribution in [0.25, 0.3) is 10.9 Å². The summed E-state index contributed by atoms with van der Waals surface area (Å²) >= 11 is 0. The van der Waals surface area contributed by atoms with Crippen LogP contribution in [0, 0.1) is 26.6 Å². The molecule has 0 bridgehead atoms. The second-order valence-electron chi connectivity index (χ2n) is 6.81. The predicted molar refractivity (Wildman–Crippen MR) is 103 cm³/mol. The third-order valence-electron chi connectivity index (χ3n) is 5.05. The molecule has 5 heteroatoms. The number of benzene rings is 1. The summed E-state index contributed by atoms with van der Waals surface area (Å²) in [5.41, 5.74) is 6.17. The van der Waals surface area contributed by atoms with E-state index in [1.807, 2.05) is 18.3 Å². The summed E-state index contributed by atoms with van der Waals surface area (Å²) in [6, 6.07) is 7.22. The van der Waals surface area contributed by atoms with E-state index in [1.54, 1.807) is 0 Å². The summed E-state index contributed by atoms with van der Waals surface area (Å²) in [6.07, 6.45) is 4.43. The van der Waals surface area contributed by atoms with Crippen LogP contribution in [0.2, 0.25) is 0 Å². The maximum atomic E-state index is 13.1. The van der Waals surface area contributed by atoms with Crippen molar-refractivity contribution in [3.63, 3.8) is 0 Å². The van der Waals surface area contributed by atoms with Crippen LogP contribution in [-0.2, 0) is 6.54 Å². The summed E-state index contributed by atoms with van der Waals surface area (Å²) in [4.78, 5) is 4.66. The van der Waals surface area contributed by atoms with Gasteiger partial charge in [0.15, 0.2) is 5.82 Å². The molecular formula is C20H23ClFN3. The molecule has 3 aromatic rings. The molecule has 0 atom stereocenters. The Morgan fingerprint density at radius 2 is 1.84 bits per heavy atom. The first kappa shape index (κ1) is 17.7. The maximum absolute atomic E-state index is 13.1. The van der Waals surface area contributed by atoms with Crippen molar-refractivity contribution in [2.24, 2.45) is 0 Å². The Kier molecular flexibility index (Phi) is 4.74. The molecule has 4 rings (SSSR count). The Morgan fingerprint density at radius 3 is 2.48 bits per heavy atom. The van der Waals surface area contributed by atoms with Gasteiger partial charge in [0.2, 0.25) is 0 Å². The average Bonchev–Trinajstić information content (AvgIpc) is 3.36. The first-order valence-corrected chi connectivity index (χ1v) is 8.51. The van der Waals surface area contributed by atoms with Crippen molar-refractivity contribution in [1.82, 2.24) is 9.55 Å². The van der Waals surface area contributed by atoms with Gasteiger partial charge in [-0.15, -0.1) is 12.4 Å². The van der Waals surface area contributed by atoms with Gasteiger partial charge in [-0.2, -0.15) is 0 Å². The summed E-state index contributed by atoms with van der Waals surface area (Å²) < 4.78 is 15.5. The fraction of sp³-hybridized carbons (Fsp3) is 0.350. The molecule has 1 saturated carbocycles. The monoisotopic (exact) mass is 359 g/mol. The number of nitrogens with one attached hydrogen (secondary N) is 1. The molecule has 2 aromatic heterocycles. The number of hydrogen-bond donors (Lipinski definition) is 1. The molecule has 1 fully saturated rings. The number of aryl methyl sites for hydroxylation is 2. The van der Waals surface area contributed by atoms with E-state index < -0.39 is 0 Å².